The van der Waals surface area contributed by atoms with E-state index in [9.17, 15) is 24.5 Å². The Morgan fingerprint density at radius 3 is 2.31 bits per heavy atom. The number of nitrogens with two attached hydrogens (primary N) is 1. The second-order valence-electron chi connectivity index (χ2n) is 6.83. The van der Waals surface area contributed by atoms with Gasteiger partial charge >= 0.3 is 5.97 Å². The monoisotopic (exact) mass is 400 g/mol. The largest absolute Gasteiger partial charge is 0.380 e. The maximum absolute atomic E-state index is 12.3. The summed E-state index contributed by atoms with van der Waals surface area (Å²) in [4.78, 5) is 52.6. The quantitative estimate of drug-likeness (QED) is 0.139. The zero-order valence-corrected chi connectivity index (χ0v) is 15.5. The van der Waals surface area contributed by atoms with Crippen LogP contribution in [0.5, 0.6) is 0 Å². The molecular weight excluding hydrogens is 380 g/mol. The van der Waals surface area contributed by atoms with E-state index >= 15 is 0 Å². The van der Waals surface area contributed by atoms with Crippen LogP contribution in [-0.2, 0) is 19.2 Å². The summed E-state index contributed by atoms with van der Waals surface area (Å²) in [5.41, 5.74) is 5.97. The van der Waals surface area contributed by atoms with Crippen LogP contribution in [0.4, 0.5) is 5.69 Å². The van der Waals surface area contributed by atoms with Gasteiger partial charge in [-0.3, -0.25) is 24.6 Å². The van der Waals surface area contributed by atoms with Crippen molar-refractivity contribution in [1.29, 1.82) is 0 Å². The average molecular weight is 400 g/mol. The second-order valence-corrected chi connectivity index (χ2v) is 6.83. The second kappa shape index (κ2) is 8.63. The van der Waals surface area contributed by atoms with Gasteiger partial charge in [-0.25, -0.2) is 4.79 Å². The summed E-state index contributed by atoms with van der Waals surface area (Å²) in [5.74, 6) is -1.70. The molecule has 152 valence electrons. The average Bonchev–Trinajstić information content (AvgIpc) is 2.97. The van der Waals surface area contributed by atoms with Crippen LogP contribution >= 0.6 is 0 Å². The van der Waals surface area contributed by atoms with E-state index in [0.29, 0.717) is 18.4 Å². The molecule has 1 heterocycles. The lowest BCUT2D eigenvalue weighted by atomic mass is 9.85. The van der Waals surface area contributed by atoms with Gasteiger partial charge in [0.15, 0.2) is 5.84 Å². The number of nitrogens with zero attached hydrogens (tertiary/aromatic N) is 3. The summed E-state index contributed by atoms with van der Waals surface area (Å²) in [6, 6.07) is 5.31. The van der Waals surface area contributed by atoms with Gasteiger partial charge in [-0.05, 0) is 31.4 Å². The van der Waals surface area contributed by atoms with E-state index < -0.39 is 10.9 Å². The molecule has 1 aliphatic heterocycles. The van der Waals surface area contributed by atoms with Crippen LogP contribution in [0.15, 0.2) is 41.6 Å². The van der Waals surface area contributed by atoms with E-state index in [1.54, 1.807) is 0 Å². The molecule has 3 rings (SSSR count). The molecule has 2 atom stereocenters. The molecular formula is C19H20N4O6. The number of carbonyl (C=O) groups is 3. The van der Waals surface area contributed by atoms with Gasteiger partial charge in [0, 0.05) is 30.7 Å². The lowest BCUT2D eigenvalue weighted by molar-refractivity contribution is -0.384. The zero-order valence-electron chi connectivity index (χ0n) is 15.5. The third-order valence-corrected chi connectivity index (χ3v) is 4.98. The molecule has 0 unspecified atom stereocenters. The molecule has 1 fully saturated rings. The van der Waals surface area contributed by atoms with Crippen LogP contribution in [0.25, 0.3) is 0 Å². The molecule has 2 N–H and O–H groups in total. The number of allylic oxidation sites excluding steroid dienone is 2. The third-order valence-electron chi connectivity index (χ3n) is 4.98. The third kappa shape index (κ3) is 4.48. The van der Waals surface area contributed by atoms with Gasteiger partial charge < -0.3 is 10.6 Å². The van der Waals surface area contributed by atoms with Crippen molar-refractivity contribution in [3.05, 3.63) is 52.1 Å². The van der Waals surface area contributed by atoms with Gasteiger partial charge in [0.2, 0.25) is 11.8 Å². The highest BCUT2D eigenvalue weighted by molar-refractivity contribution is 6.05. The van der Waals surface area contributed by atoms with Gasteiger partial charge in [0.25, 0.3) is 5.69 Å². The van der Waals surface area contributed by atoms with E-state index in [1.165, 1.54) is 29.2 Å². The highest BCUT2D eigenvalue weighted by atomic mass is 16.7. The number of hydrogen-bond acceptors (Lipinski definition) is 7. The van der Waals surface area contributed by atoms with Crippen molar-refractivity contribution >= 4 is 29.3 Å². The van der Waals surface area contributed by atoms with Gasteiger partial charge in [-0.15, -0.1) is 0 Å². The lowest BCUT2D eigenvalue weighted by Crippen LogP contribution is -2.32. The molecule has 0 radical (unpaired) electrons. The maximum atomic E-state index is 12.3. The fourth-order valence-electron chi connectivity index (χ4n) is 3.42. The zero-order chi connectivity index (χ0) is 21.0. The van der Waals surface area contributed by atoms with Crippen LogP contribution in [0.3, 0.4) is 0 Å². The van der Waals surface area contributed by atoms with E-state index in [-0.39, 0.29) is 54.6 Å². The lowest BCUT2D eigenvalue weighted by Gasteiger charge is -2.14. The number of carbonyl (C=O) groups excluding carboxylic acids is 3. The van der Waals surface area contributed by atoms with E-state index in [1.807, 2.05) is 12.2 Å². The van der Waals surface area contributed by atoms with Gasteiger partial charge in [-0.1, -0.05) is 17.3 Å². The Morgan fingerprint density at radius 2 is 1.76 bits per heavy atom. The van der Waals surface area contributed by atoms with Gasteiger partial charge in [0.05, 0.1) is 16.8 Å². The minimum absolute atomic E-state index is 0.0400. The highest BCUT2D eigenvalue weighted by Gasteiger charge is 2.46. The Bertz CT molecular complexity index is 866. The standard InChI is InChI=1S/C19H20N4O6/c20-17(12-7-9-13(10-8-12)23(27)28)21-29-16(24)6-3-11-22-18(25)14-4-1-2-5-15(14)19(22)26/h1-2,7-10,14-15H,3-6,11H2,(H2,20,21)/t14-,15-/m0/s1. The van der Waals surface area contributed by atoms with Crippen molar-refractivity contribution in [1.82, 2.24) is 4.90 Å². The Hall–Kier alpha value is -3.56. The molecule has 0 spiro atoms. The minimum atomic E-state index is -0.659. The van der Waals surface area contributed by atoms with Crippen LogP contribution in [0.2, 0.25) is 0 Å². The SMILES string of the molecule is N/C(=N\OC(=O)CCCN1C(=O)[C@H]2CC=CC[C@@H]2C1=O)c1ccc([N+](=O)[O-])cc1. The van der Waals surface area contributed by atoms with Crippen LogP contribution in [0.1, 0.15) is 31.2 Å². The number of amidine groups is 1. The van der Waals surface area contributed by atoms with Crippen LogP contribution in [-0.4, -0.2) is 40.0 Å². The number of amides is 2. The number of hydrogen-bond donors (Lipinski definition) is 1. The first-order chi connectivity index (χ1) is 13.9. The van der Waals surface area contributed by atoms with Crippen molar-refractivity contribution < 1.29 is 24.1 Å². The summed E-state index contributed by atoms with van der Waals surface area (Å²) in [6.45, 7) is 0.154. The summed E-state index contributed by atoms with van der Waals surface area (Å²) >= 11 is 0. The molecule has 29 heavy (non-hydrogen) atoms. The van der Waals surface area contributed by atoms with Crippen LogP contribution < -0.4 is 5.73 Å². The fourth-order valence-corrected chi connectivity index (χ4v) is 3.42. The summed E-state index contributed by atoms with van der Waals surface area (Å²) < 4.78 is 0. The summed E-state index contributed by atoms with van der Waals surface area (Å²) in [6.07, 6.45) is 5.20. The van der Waals surface area contributed by atoms with Crippen molar-refractivity contribution in [2.24, 2.45) is 22.7 Å². The predicted molar refractivity (Wildman–Crippen MR) is 101 cm³/mol. The molecule has 1 aromatic rings. The van der Waals surface area contributed by atoms with E-state index in [2.05, 4.69) is 5.16 Å². The van der Waals surface area contributed by atoms with Crippen molar-refractivity contribution in [2.45, 2.75) is 25.7 Å². The number of likely N-dealkylation sites (tertiary alicyclic amines) is 1. The number of fused-ring (bicyclic) bond motifs is 1. The molecule has 1 aromatic carbocycles. The van der Waals surface area contributed by atoms with Crippen molar-refractivity contribution in [2.75, 3.05) is 6.54 Å². The number of oxime groups is 1. The van der Waals surface area contributed by atoms with Gasteiger partial charge in [0.1, 0.15) is 0 Å². The highest BCUT2D eigenvalue weighted by Crippen LogP contribution is 2.35. The van der Waals surface area contributed by atoms with Crippen LogP contribution in [0, 0.1) is 22.0 Å². The summed E-state index contributed by atoms with van der Waals surface area (Å²) in [7, 11) is 0. The number of benzene rings is 1. The van der Waals surface area contributed by atoms with Crippen molar-refractivity contribution in [3.63, 3.8) is 0 Å². The topological polar surface area (TPSA) is 145 Å². The van der Waals surface area contributed by atoms with Crippen molar-refractivity contribution in [3.8, 4) is 0 Å². The summed E-state index contributed by atoms with van der Waals surface area (Å²) in [5, 5.41) is 14.2. The van der Waals surface area contributed by atoms with Gasteiger partial charge in [-0.2, -0.15) is 0 Å². The molecule has 0 bridgehead atoms. The molecule has 1 saturated heterocycles. The Kier molecular flexibility index (Phi) is 6.01. The first-order valence-corrected chi connectivity index (χ1v) is 9.17. The minimum Gasteiger partial charge on any atom is -0.380 e. The molecule has 2 amide bonds. The molecule has 10 nitrogen and oxygen atoms in total. The number of rotatable bonds is 7. The molecule has 0 saturated carbocycles. The Labute approximate surface area is 166 Å². The predicted octanol–water partition coefficient (Wildman–Crippen LogP) is 1.49. The molecule has 0 aromatic heterocycles. The number of nitro benzene ring substituents is 1. The van der Waals surface area contributed by atoms with E-state index in [0.717, 1.165) is 0 Å². The smallest absolute Gasteiger partial charge is 0.335 e. The van der Waals surface area contributed by atoms with E-state index in [4.69, 9.17) is 10.6 Å². The maximum Gasteiger partial charge on any atom is 0.335 e. The number of imide groups is 1. The molecule has 2 aliphatic rings. The fraction of sp³-hybridized carbons (Fsp3) is 0.368. The normalized spacial score (nSPS) is 21.2. The Morgan fingerprint density at radius 1 is 1.17 bits per heavy atom. The Balaban J connectivity index is 1.46. The number of nitro groups is 1. The molecule has 10 heteroatoms. The first-order valence-electron chi connectivity index (χ1n) is 9.17. The first kappa shape index (κ1) is 20.2. The number of non-ortho nitro benzene ring substituents is 1. The molecule has 1 aliphatic carbocycles.